The lowest BCUT2D eigenvalue weighted by molar-refractivity contribution is -0.0634. The number of nitrogens with two attached hydrogens (primary N) is 1. The molecule has 0 fully saturated rings. The first kappa shape index (κ1) is 10.9. The summed E-state index contributed by atoms with van der Waals surface area (Å²) in [4.78, 5) is 0. The quantitative estimate of drug-likeness (QED) is 0.653. The summed E-state index contributed by atoms with van der Waals surface area (Å²) < 4.78 is 0. The summed E-state index contributed by atoms with van der Waals surface area (Å²) in [5.41, 5.74) is 5.00. The van der Waals surface area contributed by atoms with E-state index in [1.807, 2.05) is 34.6 Å². The molecular weight excluding hydrogens is 138 g/mol. The molecule has 0 aromatic carbocycles. The van der Waals surface area contributed by atoms with Gasteiger partial charge in [-0.1, -0.05) is 27.7 Å². The monoisotopic (exact) mass is 159 g/mol. The number of hydrogen-bond acceptors (Lipinski definition) is 2. The maximum atomic E-state index is 10.1. The van der Waals surface area contributed by atoms with Crippen LogP contribution >= 0.6 is 0 Å². The van der Waals surface area contributed by atoms with Gasteiger partial charge in [0.05, 0.1) is 5.60 Å². The third-order valence-electron chi connectivity index (χ3n) is 2.58. The van der Waals surface area contributed by atoms with Gasteiger partial charge in [-0.25, -0.2) is 0 Å². The van der Waals surface area contributed by atoms with Crippen LogP contribution in [0.1, 0.15) is 34.6 Å². The highest BCUT2D eigenvalue weighted by Crippen LogP contribution is 2.28. The molecular formula is C9H21NO. The minimum Gasteiger partial charge on any atom is -0.388 e. The summed E-state index contributed by atoms with van der Waals surface area (Å²) in [6, 6.07) is -0.164. The lowest BCUT2D eigenvalue weighted by Crippen LogP contribution is -2.54. The van der Waals surface area contributed by atoms with Crippen LogP contribution in [0.5, 0.6) is 0 Å². The SMILES string of the molecule is CC(C)C(O)(C(C)C)[C@@H](C)N. The van der Waals surface area contributed by atoms with Crippen molar-refractivity contribution >= 4 is 0 Å². The molecule has 0 aliphatic carbocycles. The third-order valence-corrected chi connectivity index (χ3v) is 2.58. The Hall–Kier alpha value is -0.0800. The zero-order valence-electron chi connectivity index (χ0n) is 8.26. The Labute approximate surface area is 69.8 Å². The van der Waals surface area contributed by atoms with E-state index in [2.05, 4.69) is 0 Å². The summed E-state index contributed by atoms with van der Waals surface area (Å²) in [6.07, 6.45) is 0. The molecule has 0 spiro atoms. The van der Waals surface area contributed by atoms with Crippen molar-refractivity contribution in [2.45, 2.75) is 46.3 Å². The molecule has 2 heteroatoms. The van der Waals surface area contributed by atoms with Gasteiger partial charge in [0.2, 0.25) is 0 Å². The van der Waals surface area contributed by atoms with Crippen molar-refractivity contribution < 1.29 is 5.11 Å². The molecule has 1 atom stereocenters. The van der Waals surface area contributed by atoms with E-state index in [1.165, 1.54) is 0 Å². The predicted molar refractivity (Wildman–Crippen MR) is 48.3 cm³/mol. The predicted octanol–water partition coefficient (Wildman–Crippen LogP) is 1.38. The Morgan fingerprint density at radius 1 is 1.00 bits per heavy atom. The van der Waals surface area contributed by atoms with Crippen molar-refractivity contribution in [2.75, 3.05) is 0 Å². The highest BCUT2D eigenvalue weighted by molar-refractivity contribution is 4.92. The molecule has 0 unspecified atom stereocenters. The smallest absolute Gasteiger partial charge is 0.0840 e. The molecule has 2 nitrogen and oxygen atoms in total. The topological polar surface area (TPSA) is 46.2 Å². The van der Waals surface area contributed by atoms with E-state index in [0.717, 1.165) is 0 Å². The van der Waals surface area contributed by atoms with Crippen LogP contribution in [0.3, 0.4) is 0 Å². The number of aliphatic hydroxyl groups is 1. The van der Waals surface area contributed by atoms with Gasteiger partial charge in [0.15, 0.2) is 0 Å². The fraction of sp³-hybridized carbons (Fsp3) is 1.00. The van der Waals surface area contributed by atoms with Crippen LogP contribution in [0.25, 0.3) is 0 Å². The lowest BCUT2D eigenvalue weighted by Gasteiger charge is -2.39. The van der Waals surface area contributed by atoms with Gasteiger partial charge in [-0.05, 0) is 18.8 Å². The first-order valence-electron chi connectivity index (χ1n) is 4.31. The zero-order valence-corrected chi connectivity index (χ0v) is 8.26. The van der Waals surface area contributed by atoms with Gasteiger partial charge in [0.25, 0.3) is 0 Å². The van der Waals surface area contributed by atoms with Gasteiger partial charge in [0, 0.05) is 6.04 Å². The highest BCUT2D eigenvalue weighted by Gasteiger charge is 2.37. The maximum Gasteiger partial charge on any atom is 0.0840 e. The Morgan fingerprint density at radius 2 is 1.27 bits per heavy atom. The fourth-order valence-corrected chi connectivity index (χ4v) is 1.72. The Morgan fingerprint density at radius 3 is 1.27 bits per heavy atom. The van der Waals surface area contributed by atoms with E-state index >= 15 is 0 Å². The molecule has 0 aromatic rings. The standard InChI is InChI=1S/C9H21NO/c1-6(2)9(11,7(3)4)8(5)10/h6-8,11H,10H2,1-5H3/t8-/m1/s1. The molecule has 0 saturated carbocycles. The second-order valence-electron chi connectivity index (χ2n) is 3.99. The lowest BCUT2D eigenvalue weighted by atomic mass is 9.76. The number of rotatable bonds is 3. The van der Waals surface area contributed by atoms with E-state index in [4.69, 9.17) is 5.73 Å². The Bertz CT molecular complexity index is 97.0. The summed E-state index contributed by atoms with van der Waals surface area (Å²) in [5, 5.41) is 10.1. The van der Waals surface area contributed by atoms with Crippen molar-refractivity contribution in [3.05, 3.63) is 0 Å². The van der Waals surface area contributed by atoms with Gasteiger partial charge in [0.1, 0.15) is 0 Å². The van der Waals surface area contributed by atoms with E-state index < -0.39 is 5.60 Å². The molecule has 0 rings (SSSR count). The normalized spacial score (nSPS) is 16.1. The van der Waals surface area contributed by atoms with Crippen LogP contribution < -0.4 is 5.73 Å². The Balaban J connectivity index is 4.53. The largest absolute Gasteiger partial charge is 0.388 e. The van der Waals surface area contributed by atoms with Crippen LogP contribution in [-0.4, -0.2) is 16.7 Å². The molecule has 68 valence electrons. The van der Waals surface area contributed by atoms with Crippen molar-refractivity contribution in [3.8, 4) is 0 Å². The fourth-order valence-electron chi connectivity index (χ4n) is 1.72. The molecule has 11 heavy (non-hydrogen) atoms. The van der Waals surface area contributed by atoms with Crippen LogP contribution in [0.2, 0.25) is 0 Å². The first-order chi connectivity index (χ1) is 4.83. The molecule has 0 saturated heterocycles. The Kier molecular flexibility index (Phi) is 3.52. The molecule has 0 aromatic heterocycles. The second kappa shape index (κ2) is 3.55. The van der Waals surface area contributed by atoms with Crippen molar-refractivity contribution in [1.82, 2.24) is 0 Å². The summed E-state index contributed by atoms with van der Waals surface area (Å²) >= 11 is 0. The van der Waals surface area contributed by atoms with E-state index in [0.29, 0.717) is 0 Å². The van der Waals surface area contributed by atoms with Gasteiger partial charge in [-0.3, -0.25) is 0 Å². The molecule has 0 radical (unpaired) electrons. The van der Waals surface area contributed by atoms with E-state index in [9.17, 15) is 5.11 Å². The highest BCUT2D eigenvalue weighted by atomic mass is 16.3. The summed E-state index contributed by atoms with van der Waals surface area (Å²) in [7, 11) is 0. The maximum absolute atomic E-state index is 10.1. The van der Waals surface area contributed by atoms with Gasteiger partial charge >= 0.3 is 0 Å². The molecule has 0 bridgehead atoms. The van der Waals surface area contributed by atoms with Gasteiger partial charge in [-0.2, -0.15) is 0 Å². The minimum absolute atomic E-state index is 0.164. The molecule has 0 aliphatic heterocycles. The van der Waals surface area contributed by atoms with Crippen molar-refractivity contribution in [3.63, 3.8) is 0 Å². The molecule has 0 heterocycles. The van der Waals surface area contributed by atoms with Crippen LogP contribution in [0.15, 0.2) is 0 Å². The van der Waals surface area contributed by atoms with Crippen LogP contribution in [0.4, 0.5) is 0 Å². The average molecular weight is 159 g/mol. The molecule has 3 N–H and O–H groups in total. The summed E-state index contributed by atoms with van der Waals surface area (Å²) in [6.45, 7) is 9.87. The second-order valence-corrected chi connectivity index (χ2v) is 3.99. The summed E-state index contributed by atoms with van der Waals surface area (Å²) in [5.74, 6) is 0.421. The van der Waals surface area contributed by atoms with Crippen molar-refractivity contribution in [2.24, 2.45) is 17.6 Å². The average Bonchev–Trinajstić information content (AvgIpc) is 1.84. The first-order valence-corrected chi connectivity index (χ1v) is 4.31. The van der Waals surface area contributed by atoms with Gasteiger partial charge < -0.3 is 10.8 Å². The minimum atomic E-state index is -0.722. The van der Waals surface area contributed by atoms with E-state index in [-0.39, 0.29) is 17.9 Å². The van der Waals surface area contributed by atoms with Crippen molar-refractivity contribution in [1.29, 1.82) is 0 Å². The third kappa shape index (κ3) is 1.94. The van der Waals surface area contributed by atoms with Gasteiger partial charge in [-0.15, -0.1) is 0 Å². The number of hydrogen-bond donors (Lipinski definition) is 2. The van der Waals surface area contributed by atoms with Crippen LogP contribution in [0, 0.1) is 11.8 Å². The van der Waals surface area contributed by atoms with E-state index in [1.54, 1.807) is 0 Å². The zero-order chi connectivity index (χ0) is 9.23. The van der Waals surface area contributed by atoms with Crippen LogP contribution in [-0.2, 0) is 0 Å². The molecule has 0 amide bonds. The molecule has 0 aliphatic rings.